The molecule has 0 saturated carbocycles. The van der Waals surface area contributed by atoms with Crippen molar-refractivity contribution in [3.05, 3.63) is 49.8 Å². The summed E-state index contributed by atoms with van der Waals surface area (Å²) in [4.78, 5) is 37.5. The van der Waals surface area contributed by atoms with Crippen molar-refractivity contribution in [1.29, 1.82) is 0 Å². The number of ether oxygens (including phenoxy) is 1. The number of hydrogen-bond acceptors (Lipinski definition) is 5. The van der Waals surface area contributed by atoms with Gasteiger partial charge >= 0.3 is 5.97 Å². The van der Waals surface area contributed by atoms with Gasteiger partial charge in [-0.15, -0.1) is 11.3 Å². The second-order valence-electron chi connectivity index (χ2n) is 5.96. The van der Waals surface area contributed by atoms with Crippen molar-refractivity contribution in [2.24, 2.45) is 0 Å². The molecule has 2 amide bonds. The van der Waals surface area contributed by atoms with E-state index in [1.165, 1.54) is 25.3 Å². The molecule has 0 saturated heterocycles. The van der Waals surface area contributed by atoms with E-state index in [4.69, 9.17) is 27.9 Å². The molecule has 0 bridgehead atoms. The lowest BCUT2D eigenvalue weighted by molar-refractivity contribution is 0.0601. The second kappa shape index (κ2) is 8.73. The predicted octanol–water partition coefficient (Wildman–Crippen LogP) is 4.54. The van der Waals surface area contributed by atoms with Gasteiger partial charge in [-0.1, -0.05) is 23.2 Å². The van der Waals surface area contributed by atoms with Gasteiger partial charge in [0.1, 0.15) is 5.00 Å². The predicted molar refractivity (Wildman–Crippen MR) is 107 cm³/mol. The van der Waals surface area contributed by atoms with Crippen molar-refractivity contribution in [2.75, 3.05) is 12.4 Å². The van der Waals surface area contributed by atoms with Crippen LogP contribution in [0.25, 0.3) is 0 Å². The van der Waals surface area contributed by atoms with E-state index < -0.39 is 11.9 Å². The summed E-state index contributed by atoms with van der Waals surface area (Å²) in [6.07, 6.45) is 0. The van der Waals surface area contributed by atoms with Gasteiger partial charge in [0, 0.05) is 11.1 Å². The molecule has 144 valence electrons. The molecule has 1 heterocycles. The Kier molecular flexibility index (Phi) is 6.86. The number of anilines is 1. The molecule has 6 nitrogen and oxygen atoms in total. The highest BCUT2D eigenvalue weighted by atomic mass is 35.5. The zero-order valence-electron chi connectivity index (χ0n) is 15.1. The third-order valence-corrected chi connectivity index (χ3v) is 5.32. The Bertz CT molecular complexity index is 909. The fourth-order valence-corrected chi connectivity index (χ4v) is 3.93. The first-order chi connectivity index (χ1) is 12.6. The smallest absolute Gasteiger partial charge is 0.341 e. The van der Waals surface area contributed by atoms with Crippen LogP contribution < -0.4 is 10.6 Å². The molecule has 1 aromatic heterocycles. The third-order valence-electron chi connectivity index (χ3n) is 3.57. The van der Waals surface area contributed by atoms with Crippen LogP contribution in [0.5, 0.6) is 0 Å². The van der Waals surface area contributed by atoms with Crippen molar-refractivity contribution < 1.29 is 19.1 Å². The topological polar surface area (TPSA) is 84.5 Å². The van der Waals surface area contributed by atoms with Crippen LogP contribution in [0, 0.1) is 6.92 Å². The first kappa shape index (κ1) is 21.2. The zero-order chi connectivity index (χ0) is 20.3. The van der Waals surface area contributed by atoms with Gasteiger partial charge < -0.3 is 15.4 Å². The van der Waals surface area contributed by atoms with Crippen LogP contribution in [0.3, 0.4) is 0 Å². The standard InChI is InChI=1S/C18H18Cl2N2O4S/c1-8(2)21-16(24)14-9(3)13(18(25)26-4)17(27-14)22-15(23)11-6-5-10(19)7-12(11)20/h5-8H,1-4H3,(H,21,24)(H,22,23). The summed E-state index contributed by atoms with van der Waals surface area (Å²) in [5, 5.41) is 6.19. The van der Waals surface area contributed by atoms with Crippen molar-refractivity contribution in [2.45, 2.75) is 26.8 Å². The highest BCUT2D eigenvalue weighted by molar-refractivity contribution is 7.18. The van der Waals surface area contributed by atoms with Crippen molar-refractivity contribution in [3.8, 4) is 0 Å². The van der Waals surface area contributed by atoms with E-state index in [9.17, 15) is 14.4 Å². The number of halogens is 2. The molecule has 2 rings (SSSR count). The number of carbonyl (C=O) groups is 3. The quantitative estimate of drug-likeness (QED) is 0.684. The van der Waals surface area contributed by atoms with Gasteiger partial charge in [0.05, 0.1) is 28.1 Å². The number of thiophene rings is 1. The first-order valence-electron chi connectivity index (χ1n) is 7.94. The number of methoxy groups -OCH3 is 1. The maximum atomic E-state index is 12.6. The monoisotopic (exact) mass is 428 g/mol. The molecular weight excluding hydrogens is 411 g/mol. The van der Waals surface area contributed by atoms with Crippen molar-refractivity contribution in [3.63, 3.8) is 0 Å². The zero-order valence-corrected chi connectivity index (χ0v) is 17.4. The van der Waals surface area contributed by atoms with Gasteiger partial charge in [-0.2, -0.15) is 0 Å². The summed E-state index contributed by atoms with van der Waals surface area (Å²) in [5.41, 5.74) is 0.758. The van der Waals surface area contributed by atoms with E-state index in [2.05, 4.69) is 10.6 Å². The average Bonchev–Trinajstić information content (AvgIpc) is 2.89. The molecule has 27 heavy (non-hydrogen) atoms. The average molecular weight is 429 g/mol. The van der Waals surface area contributed by atoms with Gasteiger partial charge in [-0.3, -0.25) is 9.59 Å². The van der Waals surface area contributed by atoms with Crippen LogP contribution in [0.15, 0.2) is 18.2 Å². The maximum Gasteiger partial charge on any atom is 0.341 e. The minimum atomic E-state index is -0.648. The molecule has 0 atom stereocenters. The SMILES string of the molecule is COC(=O)c1c(NC(=O)c2ccc(Cl)cc2Cl)sc(C(=O)NC(C)C)c1C. The third kappa shape index (κ3) is 4.80. The van der Waals surface area contributed by atoms with E-state index in [-0.39, 0.29) is 33.1 Å². The van der Waals surface area contributed by atoms with E-state index >= 15 is 0 Å². The summed E-state index contributed by atoms with van der Waals surface area (Å²) in [6, 6.07) is 4.38. The number of amides is 2. The molecule has 2 N–H and O–H groups in total. The maximum absolute atomic E-state index is 12.6. The molecule has 0 aliphatic heterocycles. The lowest BCUT2D eigenvalue weighted by atomic mass is 10.1. The molecule has 1 aromatic carbocycles. The summed E-state index contributed by atoms with van der Waals surface area (Å²) >= 11 is 12.9. The number of hydrogen-bond donors (Lipinski definition) is 2. The van der Waals surface area contributed by atoms with Crippen molar-refractivity contribution in [1.82, 2.24) is 5.32 Å². The minimum absolute atomic E-state index is 0.0773. The highest BCUT2D eigenvalue weighted by Crippen LogP contribution is 2.34. The Morgan fingerprint density at radius 3 is 2.37 bits per heavy atom. The van der Waals surface area contributed by atoms with Crippen LogP contribution in [0.2, 0.25) is 10.0 Å². The molecule has 2 aromatic rings. The van der Waals surface area contributed by atoms with Crippen molar-refractivity contribution >= 4 is 57.3 Å². The normalized spacial score (nSPS) is 10.6. The number of benzene rings is 1. The Morgan fingerprint density at radius 2 is 1.81 bits per heavy atom. The van der Waals surface area contributed by atoms with Gasteiger partial charge in [0.15, 0.2) is 0 Å². The van der Waals surface area contributed by atoms with E-state index in [0.717, 1.165) is 11.3 Å². The van der Waals surface area contributed by atoms with E-state index in [1.54, 1.807) is 6.92 Å². The summed E-state index contributed by atoms with van der Waals surface area (Å²) < 4.78 is 4.80. The first-order valence-corrected chi connectivity index (χ1v) is 9.51. The summed E-state index contributed by atoms with van der Waals surface area (Å²) in [7, 11) is 1.23. The van der Waals surface area contributed by atoms with Gasteiger partial charge in [0.2, 0.25) is 0 Å². The molecule has 0 aliphatic rings. The number of esters is 1. The number of carbonyl (C=O) groups excluding carboxylic acids is 3. The number of nitrogens with one attached hydrogen (secondary N) is 2. The molecule has 0 radical (unpaired) electrons. The van der Waals surface area contributed by atoms with Crippen LogP contribution in [-0.4, -0.2) is 30.9 Å². The largest absolute Gasteiger partial charge is 0.465 e. The second-order valence-corrected chi connectivity index (χ2v) is 7.82. The van der Waals surface area contributed by atoms with Gasteiger partial charge in [0.25, 0.3) is 11.8 Å². The van der Waals surface area contributed by atoms with Gasteiger partial charge in [-0.05, 0) is 44.5 Å². The molecule has 0 spiro atoms. The fraction of sp³-hybridized carbons (Fsp3) is 0.278. The molecular formula is C18H18Cl2N2O4S. The summed E-state index contributed by atoms with van der Waals surface area (Å²) in [5.74, 6) is -1.51. The van der Waals surface area contributed by atoms with Crippen LogP contribution >= 0.6 is 34.5 Å². The molecule has 9 heteroatoms. The minimum Gasteiger partial charge on any atom is -0.465 e. The lowest BCUT2D eigenvalue weighted by Gasteiger charge is -2.07. The summed E-state index contributed by atoms with van der Waals surface area (Å²) in [6.45, 7) is 5.28. The molecule has 0 aliphatic carbocycles. The molecule has 0 fully saturated rings. The number of rotatable bonds is 5. The van der Waals surface area contributed by atoms with Gasteiger partial charge in [-0.25, -0.2) is 4.79 Å². The Hall–Kier alpha value is -2.09. The highest BCUT2D eigenvalue weighted by Gasteiger charge is 2.27. The van der Waals surface area contributed by atoms with E-state index in [0.29, 0.717) is 15.5 Å². The Labute approximate surface area is 170 Å². The Balaban J connectivity index is 2.44. The lowest BCUT2D eigenvalue weighted by Crippen LogP contribution is -2.29. The van der Waals surface area contributed by atoms with E-state index in [1.807, 2.05) is 13.8 Å². The Morgan fingerprint density at radius 1 is 1.15 bits per heavy atom. The fourth-order valence-electron chi connectivity index (χ4n) is 2.34. The molecule has 0 unspecified atom stereocenters. The van der Waals surface area contributed by atoms with Crippen LogP contribution in [0.4, 0.5) is 5.00 Å². The van der Waals surface area contributed by atoms with Crippen LogP contribution in [-0.2, 0) is 4.74 Å². The van der Waals surface area contributed by atoms with Crippen LogP contribution in [0.1, 0.15) is 49.8 Å².